The van der Waals surface area contributed by atoms with Gasteiger partial charge < -0.3 is 15.0 Å². The number of carboxylic acid groups (broad SMARTS) is 1. The number of para-hydroxylation sites is 1. The van der Waals surface area contributed by atoms with E-state index < -0.39 is 5.97 Å². The number of benzene rings is 4. The van der Waals surface area contributed by atoms with Gasteiger partial charge in [-0.15, -0.1) is 0 Å². The maximum Gasteiger partial charge on any atom is 0.303 e. The third-order valence-corrected chi connectivity index (χ3v) is 8.17. The molecule has 0 saturated carbocycles. The van der Waals surface area contributed by atoms with Gasteiger partial charge in [-0.25, -0.2) is 0 Å². The van der Waals surface area contributed by atoms with Crippen LogP contribution in [0.1, 0.15) is 84.9 Å². The SMILES string of the molecule is CC(C)Cc1ccc(C(Nc2cccc(C(=O)c3cc4ccccc4n3CCCC(=O)O)c2)c2ccc(CC(C)C)cc2)cc1. The number of hydrogen-bond acceptors (Lipinski definition) is 3. The average Bonchev–Trinajstić information content (AvgIpc) is 3.38. The molecule has 1 aromatic heterocycles. The van der Waals surface area contributed by atoms with Crippen LogP contribution in [0.25, 0.3) is 10.9 Å². The number of anilines is 1. The zero-order valence-corrected chi connectivity index (χ0v) is 26.8. The van der Waals surface area contributed by atoms with Crippen molar-refractivity contribution in [3.8, 4) is 0 Å². The molecule has 5 heteroatoms. The zero-order valence-electron chi connectivity index (χ0n) is 26.8. The molecular weight excluding hydrogens is 556 g/mol. The molecule has 5 nitrogen and oxygen atoms in total. The molecule has 1 heterocycles. The molecule has 0 radical (unpaired) electrons. The summed E-state index contributed by atoms with van der Waals surface area (Å²) in [6.07, 6.45) is 2.58. The van der Waals surface area contributed by atoms with E-state index in [4.69, 9.17) is 0 Å². The summed E-state index contributed by atoms with van der Waals surface area (Å²) in [6.45, 7) is 9.41. The molecule has 4 aromatic carbocycles. The number of ketones is 1. The van der Waals surface area contributed by atoms with E-state index >= 15 is 0 Å². The number of fused-ring (bicyclic) bond motifs is 1. The molecule has 0 atom stereocenters. The van der Waals surface area contributed by atoms with Crippen molar-refractivity contribution in [1.29, 1.82) is 0 Å². The Morgan fingerprint density at radius 2 is 1.33 bits per heavy atom. The minimum absolute atomic E-state index is 0.0534. The minimum atomic E-state index is -0.836. The summed E-state index contributed by atoms with van der Waals surface area (Å²) in [5.74, 6) is 0.262. The lowest BCUT2D eigenvalue weighted by atomic mass is 9.93. The summed E-state index contributed by atoms with van der Waals surface area (Å²) in [7, 11) is 0. The van der Waals surface area contributed by atoms with E-state index in [1.165, 1.54) is 11.1 Å². The van der Waals surface area contributed by atoms with Gasteiger partial charge in [0, 0.05) is 35.1 Å². The zero-order chi connectivity index (χ0) is 31.9. The van der Waals surface area contributed by atoms with Crippen molar-refractivity contribution in [2.75, 3.05) is 5.32 Å². The van der Waals surface area contributed by atoms with E-state index in [2.05, 4.69) is 81.5 Å². The highest BCUT2D eigenvalue weighted by atomic mass is 16.4. The Morgan fingerprint density at radius 1 is 0.733 bits per heavy atom. The highest BCUT2D eigenvalue weighted by Gasteiger charge is 2.20. The molecule has 0 fully saturated rings. The quantitative estimate of drug-likeness (QED) is 0.125. The van der Waals surface area contributed by atoms with E-state index in [1.54, 1.807) is 0 Å². The highest BCUT2D eigenvalue weighted by Crippen LogP contribution is 2.30. The first-order valence-electron chi connectivity index (χ1n) is 16.1. The van der Waals surface area contributed by atoms with Crippen molar-refractivity contribution in [2.24, 2.45) is 11.8 Å². The Hall–Kier alpha value is -4.64. The summed E-state index contributed by atoms with van der Waals surface area (Å²) in [6, 6.07) is 35.1. The standard InChI is InChI=1S/C40H44N2O3/c1-27(2)23-29-14-18-31(19-15-29)39(32-20-16-30(17-21-32)24-28(3)4)41-35-11-7-10-34(25-35)40(45)37-26-33-9-5-6-12-36(33)42(37)22-8-13-38(43)44/h5-7,9-12,14-21,25-28,39,41H,8,13,22-24H2,1-4H3,(H,43,44). The van der Waals surface area contributed by atoms with E-state index in [0.29, 0.717) is 36.1 Å². The Labute approximate surface area is 266 Å². The topological polar surface area (TPSA) is 71.3 Å². The van der Waals surface area contributed by atoms with Crippen molar-refractivity contribution >= 4 is 28.3 Å². The molecule has 5 rings (SSSR count). The van der Waals surface area contributed by atoms with Crippen LogP contribution in [0.4, 0.5) is 5.69 Å². The van der Waals surface area contributed by atoms with Gasteiger partial charge in [-0.2, -0.15) is 0 Å². The number of hydrogen-bond donors (Lipinski definition) is 2. The number of carbonyl (C=O) groups excluding carboxylic acids is 1. The predicted molar refractivity (Wildman–Crippen MR) is 184 cm³/mol. The number of nitrogens with zero attached hydrogens (tertiary/aromatic N) is 1. The second-order valence-corrected chi connectivity index (χ2v) is 12.9. The van der Waals surface area contributed by atoms with Crippen LogP contribution < -0.4 is 5.32 Å². The largest absolute Gasteiger partial charge is 0.481 e. The third kappa shape index (κ3) is 8.10. The minimum Gasteiger partial charge on any atom is -0.481 e. The number of rotatable bonds is 14. The number of nitrogens with one attached hydrogen (secondary N) is 1. The Kier molecular flexibility index (Phi) is 10.2. The van der Waals surface area contributed by atoms with Crippen molar-refractivity contribution in [1.82, 2.24) is 4.57 Å². The van der Waals surface area contributed by atoms with Crippen LogP contribution in [-0.2, 0) is 24.2 Å². The van der Waals surface area contributed by atoms with Crippen molar-refractivity contribution in [2.45, 2.75) is 66.0 Å². The van der Waals surface area contributed by atoms with Gasteiger partial charge >= 0.3 is 5.97 Å². The normalized spacial score (nSPS) is 11.5. The fourth-order valence-corrected chi connectivity index (χ4v) is 6.09. The van der Waals surface area contributed by atoms with Gasteiger partial charge in [0.25, 0.3) is 0 Å². The smallest absolute Gasteiger partial charge is 0.303 e. The molecule has 5 aromatic rings. The lowest BCUT2D eigenvalue weighted by Crippen LogP contribution is -2.14. The van der Waals surface area contributed by atoms with Gasteiger partial charge in [-0.3, -0.25) is 9.59 Å². The maximum absolute atomic E-state index is 14.0. The molecule has 0 saturated heterocycles. The van der Waals surface area contributed by atoms with Crippen LogP contribution in [0.15, 0.2) is 103 Å². The van der Waals surface area contributed by atoms with Crippen molar-refractivity contribution in [3.05, 3.63) is 137 Å². The van der Waals surface area contributed by atoms with Gasteiger partial charge in [0.05, 0.1) is 11.7 Å². The lowest BCUT2D eigenvalue weighted by Gasteiger charge is -2.22. The molecule has 232 valence electrons. The second kappa shape index (κ2) is 14.4. The first-order chi connectivity index (χ1) is 21.7. The third-order valence-electron chi connectivity index (χ3n) is 8.17. The van der Waals surface area contributed by atoms with Crippen LogP contribution >= 0.6 is 0 Å². The molecule has 2 N–H and O–H groups in total. The number of carboxylic acids is 1. The van der Waals surface area contributed by atoms with Crippen LogP contribution in [-0.4, -0.2) is 21.4 Å². The fraction of sp³-hybridized carbons (Fsp3) is 0.300. The summed E-state index contributed by atoms with van der Waals surface area (Å²) in [5.41, 5.74) is 7.91. The molecule has 0 unspecified atom stereocenters. The van der Waals surface area contributed by atoms with E-state index in [0.717, 1.165) is 40.6 Å². The molecule has 0 aliphatic rings. The molecule has 0 amide bonds. The fourth-order valence-electron chi connectivity index (χ4n) is 6.09. The molecule has 45 heavy (non-hydrogen) atoms. The van der Waals surface area contributed by atoms with Crippen LogP contribution in [0.2, 0.25) is 0 Å². The van der Waals surface area contributed by atoms with Gasteiger partial charge in [0.15, 0.2) is 0 Å². The Morgan fingerprint density at radius 3 is 1.91 bits per heavy atom. The van der Waals surface area contributed by atoms with Crippen molar-refractivity contribution < 1.29 is 14.7 Å². The lowest BCUT2D eigenvalue weighted by molar-refractivity contribution is -0.137. The van der Waals surface area contributed by atoms with Crippen molar-refractivity contribution in [3.63, 3.8) is 0 Å². The Bertz CT molecular complexity index is 1690. The molecule has 0 aliphatic heterocycles. The van der Waals surface area contributed by atoms with E-state index in [1.807, 2.05) is 59.2 Å². The van der Waals surface area contributed by atoms with E-state index in [9.17, 15) is 14.7 Å². The highest BCUT2D eigenvalue weighted by molar-refractivity contribution is 6.11. The number of aryl methyl sites for hydroxylation is 1. The number of aromatic nitrogens is 1. The van der Waals surface area contributed by atoms with Gasteiger partial charge in [0.2, 0.25) is 5.78 Å². The Balaban J connectivity index is 1.46. The molecule has 0 spiro atoms. The summed E-state index contributed by atoms with van der Waals surface area (Å²) in [4.78, 5) is 25.2. The van der Waals surface area contributed by atoms with Crippen LogP contribution in [0, 0.1) is 11.8 Å². The van der Waals surface area contributed by atoms with Gasteiger partial charge in [0.1, 0.15) is 0 Å². The summed E-state index contributed by atoms with van der Waals surface area (Å²) in [5, 5.41) is 13.9. The van der Waals surface area contributed by atoms with E-state index in [-0.39, 0.29) is 18.2 Å². The first kappa shape index (κ1) is 31.8. The monoisotopic (exact) mass is 600 g/mol. The van der Waals surface area contributed by atoms with Crippen LogP contribution in [0.5, 0.6) is 0 Å². The molecular formula is C40H44N2O3. The number of carbonyl (C=O) groups is 2. The molecule has 0 aliphatic carbocycles. The summed E-state index contributed by atoms with van der Waals surface area (Å²) < 4.78 is 1.96. The predicted octanol–water partition coefficient (Wildman–Crippen LogP) is 9.34. The molecule has 0 bridgehead atoms. The maximum atomic E-state index is 14.0. The summed E-state index contributed by atoms with van der Waals surface area (Å²) >= 11 is 0. The second-order valence-electron chi connectivity index (χ2n) is 12.9. The van der Waals surface area contributed by atoms with Crippen LogP contribution in [0.3, 0.4) is 0 Å². The average molecular weight is 601 g/mol. The van der Waals surface area contributed by atoms with Gasteiger partial charge in [-0.1, -0.05) is 107 Å². The first-order valence-corrected chi connectivity index (χ1v) is 16.1. The van der Waals surface area contributed by atoms with Gasteiger partial charge in [-0.05, 0) is 77.6 Å². The number of aliphatic carboxylic acids is 1.